The normalized spacial score (nSPS) is 16.9. The topological polar surface area (TPSA) is 17.0 Å². The summed E-state index contributed by atoms with van der Waals surface area (Å²) < 4.78 is 2.52. The van der Waals surface area contributed by atoms with E-state index in [0.29, 0.717) is 0 Å². The zero-order chi connectivity index (χ0) is 35.9. The molecule has 0 saturated carbocycles. The third-order valence-corrected chi connectivity index (χ3v) is 13.0. The molecule has 2 heterocycles. The molecular weight excluding hydrogens is 627 g/mol. The molecule has 0 bridgehead atoms. The molecule has 1 aliphatic heterocycles. The van der Waals surface area contributed by atoms with Crippen molar-refractivity contribution in [3.05, 3.63) is 137 Å². The predicted molar refractivity (Wildman–Crippen MR) is 223 cm³/mol. The molecule has 0 unspecified atom stereocenters. The molecule has 7 aromatic rings. The van der Waals surface area contributed by atoms with Gasteiger partial charge < -0.3 is 9.88 Å². The maximum atomic E-state index is 4.12. The van der Waals surface area contributed by atoms with Gasteiger partial charge in [-0.15, -0.1) is 0 Å². The van der Waals surface area contributed by atoms with Crippen molar-refractivity contribution in [3.63, 3.8) is 0 Å². The van der Waals surface area contributed by atoms with E-state index in [9.17, 15) is 0 Å². The number of nitrogens with one attached hydrogen (secondary N) is 1. The molecule has 1 radical (unpaired) electrons. The van der Waals surface area contributed by atoms with Gasteiger partial charge in [-0.25, -0.2) is 0 Å². The van der Waals surface area contributed by atoms with Crippen LogP contribution < -0.4 is 16.2 Å². The van der Waals surface area contributed by atoms with Gasteiger partial charge in [-0.3, -0.25) is 0 Å². The number of nitrogens with zero attached hydrogens (tertiary/aromatic N) is 1. The number of aromatic nitrogens is 1. The summed E-state index contributed by atoms with van der Waals surface area (Å²) in [5, 5.41) is 6.73. The Morgan fingerprint density at radius 2 is 1.27 bits per heavy atom. The molecular formula is C49H46BN2. The van der Waals surface area contributed by atoms with Crippen LogP contribution in [0.25, 0.3) is 49.7 Å². The monoisotopic (exact) mass is 673 g/mol. The van der Waals surface area contributed by atoms with Crippen molar-refractivity contribution in [3.8, 4) is 27.9 Å². The number of hydrogen-bond donors (Lipinski definition) is 1. The van der Waals surface area contributed by atoms with Crippen molar-refractivity contribution in [1.29, 1.82) is 0 Å². The average molecular weight is 674 g/mol. The van der Waals surface area contributed by atoms with E-state index in [4.69, 9.17) is 0 Å². The first-order valence-corrected chi connectivity index (χ1v) is 19.1. The minimum absolute atomic E-state index is 0.107. The molecule has 1 aromatic heterocycles. The molecule has 255 valence electrons. The lowest BCUT2D eigenvalue weighted by atomic mass is 9.59. The fourth-order valence-corrected chi connectivity index (χ4v) is 9.98. The second-order valence-corrected chi connectivity index (χ2v) is 17.7. The van der Waals surface area contributed by atoms with E-state index in [2.05, 4.69) is 176 Å². The summed E-state index contributed by atoms with van der Waals surface area (Å²) in [6.45, 7) is 19.0. The molecule has 0 atom stereocenters. The molecule has 3 aliphatic rings. The van der Waals surface area contributed by atoms with E-state index in [1.807, 2.05) is 0 Å². The third kappa shape index (κ3) is 4.32. The van der Waals surface area contributed by atoms with E-state index in [1.165, 1.54) is 113 Å². The standard InChI is InChI=1S/C49H46BN2/c1-28-22-35(45-44(23-28)52-43-19-12-10-15-31(43)32-16-13-18-40(50-45)46(32)52)34-25-33-30-14-9-11-17-36(30)49(7,8)37(33)26-42(34)51-41-27-39-38(24-29(41)2)47(3,4)20-21-48(39,5)6/h9-19,22-27,51H,20-21H2,1-8H3. The third-order valence-electron chi connectivity index (χ3n) is 13.0. The Balaban J connectivity index is 1.24. The number of fused-ring (bicyclic) bond motifs is 9. The minimum Gasteiger partial charge on any atom is -0.355 e. The van der Waals surface area contributed by atoms with Crippen molar-refractivity contribution < 1.29 is 0 Å². The Hall–Kier alpha value is -5.02. The van der Waals surface area contributed by atoms with Crippen molar-refractivity contribution in [2.24, 2.45) is 0 Å². The van der Waals surface area contributed by atoms with Gasteiger partial charge in [-0.05, 0) is 123 Å². The van der Waals surface area contributed by atoms with Crippen LogP contribution in [-0.2, 0) is 16.2 Å². The van der Waals surface area contributed by atoms with Crippen molar-refractivity contribution in [2.75, 3.05) is 5.32 Å². The Morgan fingerprint density at radius 1 is 0.577 bits per heavy atom. The molecule has 3 heteroatoms. The molecule has 0 spiro atoms. The maximum Gasteiger partial charge on any atom is 0.197 e. The number of hydrogen-bond acceptors (Lipinski definition) is 1. The molecule has 2 nitrogen and oxygen atoms in total. The molecule has 0 fully saturated rings. The summed E-state index contributed by atoms with van der Waals surface area (Å²) >= 11 is 0. The Morgan fingerprint density at radius 3 is 2.08 bits per heavy atom. The second-order valence-electron chi connectivity index (χ2n) is 17.7. The number of anilines is 2. The Labute approximate surface area is 309 Å². The number of para-hydroxylation sites is 2. The number of rotatable bonds is 3. The van der Waals surface area contributed by atoms with E-state index in [0.717, 1.165) is 5.69 Å². The van der Waals surface area contributed by atoms with Crippen LogP contribution in [0, 0.1) is 13.8 Å². The van der Waals surface area contributed by atoms with Crippen LogP contribution >= 0.6 is 0 Å². The molecule has 52 heavy (non-hydrogen) atoms. The highest BCUT2D eigenvalue weighted by molar-refractivity contribution is 6.73. The van der Waals surface area contributed by atoms with Gasteiger partial charge in [-0.1, -0.05) is 120 Å². The molecule has 0 saturated heterocycles. The predicted octanol–water partition coefficient (Wildman–Crippen LogP) is 11.4. The summed E-state index contributed by atoms with van der Waals surface area (Å²) in [6.07, 6.45) is 2.41. The largest absolute Gasteiger partial charge is 0.355 e. The lowest BCUT2D eigenvalue weighted by Crippen LogP contribution is -2.37. The van der Waals surface area contributed by atoms with Gasteiger partial charge in [0.15, 0.2) is 7.28 Å². The maximum absolute atomic E-state index is 4.12. The van der Waals surface area contributed by atoms with E-state index in [-0.39, 0.29) is 16.2 Å². The van der Waals surface area contributed by atoms with Crippen LogP contribution in [0.1, 0.15) is 87.8 Å². The molecule has 6 aromatic carbocycles. The molecule has 10 rings (SSSR count). The minimum atomic E-state index is -0.107. The second kappa shape index (κ2) is 10.5. The molecule has 1 N–H and O–H groups in total. The summed E-state index contributed by atoms with van der Waals surface area (Å²) in [5.74, 6) is 0. The zero-order valence-electron chi connectivity index (χ0n) is 31.8. The van der Waals surface area contributed by atoms with E-state index < -0.39 is 0 Å². The zero-order valence-corrected chi connectivity index (χ0v) is 31.8. The van der Waals surface area contributed by atoms with E-state index in [1.54, 1.807) is 0 Å². The molecule has 2 aliphatic carbocycles. The summed E-state index contributed by atoms with van der Waals surface area (Å²) in [5.41, 5.74) is 22.4. The van der Waals surface area contributed by atoms with Crippen LogP contribution in [0.3, 0.4) is 0 Å². The number of benzene rings is 6. The van der Waals surface area contributed by atoms with Gasteiger partial charge in [0.2, 0.25) is 0 Å². The Kier molecular flexibility index (Phi) is 6.42. The first-order valence-electron chi connectivity index (χ1n) is 19.1. The van der Waals surface area contributed by atoms with Crippen molar-refractivity contribution >= 4 is 51.4 Å². The molecule has 0 amide bonds. The highest BCUT2D eigenvalue weighted by atomic mass is 15.0. The fraction of sp³-hybridized carbons (Fsp3) is 0.265. The SMILES string of the molecule is Cc1cc(-c2cc3c(cc2Nc2cc4c(cc2C)C(C)(C)CCC4(C)C)C(C)(C)c2ccccc2-3)c2c(c1)-n1c3ccccc3c3cccc(c31)[B]2. The van der Waals surface area contributed by atoms with E-state index >= 15 is 0 Å². The van der Waals surface area contributed by atoms with Crippen molar-refractivity contribution in [1.82, 2.24) is 4.57 Å². The van der Waals surface area contributed by atoms with Gasteiger partial charge in [0.1, 0.15) is 0 Å². The summed E-state index contributed by atoms with van der Waals surface area (Å²) in [6, 6.07) is 39.4. The van der Waals surface area contributed by atoms with Gasteiger partial charge in [0.05, 0.1) is 5.52 Å². The highest BCUT2D eigenvalue weighted by Crippen LogP contribution is 2.53. The first kappa shape index (κ1) is 31.7. The average Bonchev–Trinajstić information content (AvgIpc) is 3.57. The van der Waals surface area contributed by atoms with Crippen LogP contribution in [-0.4, -0.2) is 11.8 Å². The van der Waals surface area contributed by atoms with Crippen LogP contribution in [0.5, 0.6) is 0 Å². The fourth-order valence-electron chi connectivity index (χ4n) is 9.98. The lowest BCUT2D eigenvalue weighted by Gasteiger charge is -2.42. The van der Waals surface area contributed by atoms with Crippen LogP contribution in [0.2, 0.25) is 0 Å². The van der Waals surface area contributed by atoms with Crippen LogP contribution in [0.4, 0.5) is 11.4 Å². The summed E-state index contributed by atoms with van der Waals surface area (Å²) in [4.78, 5) is 0. The highest BCUT2D eigenvalue weighted by Gasteiger charge is 2.39. The smallest absolute Gasteiger partial charge is 0.197 e. The van der Waals surface area contributed by atoms with Gasteiger partial charge in [-0.2, -0.15) is 0 Å². The van der Waals surface area contributed by atoms with Gasteiger partial charge in [0, 0.05) is 44.3 Å². The van der Waals surface area contributed by atoms with Crippen LogP contribution in [0.15, 0.2) is 103 Å². The van der Waals surface area contributed by atoms with Gasteiger partial charge >= 0.3 is 0 Å². The van der Waals surface area contributed by atoms with Gasteiger partial charge in [0.25, 0.3) is 0 Å². The first-order chi connectivity index (χ1) is 24.8. The lowest BCUT2D eigenvalue weighted by molar-refractivity contribution is 0.332. The quantitative estimate of drug-likeness (QED) is 0.185. The van der Waals surface area contributed by atoms with Crippen molar-refractivity contribution in [2.45, 2.75) is 84.5 Å². The Bertz CT molecular complexity index is 2680. The summed E-state index contributed by atoms with van der Waals surface area (Å²) in [7, 11) is 2.44. The number of aryl methyl sites for hydroxylation is 2.